The highest BCUT2D eigenvalue weighted by molar-refractivity contribution is 5.85. The molecule has 0 atom stereocenters. The summed E-state index contributed by atoms with van der Waals surface area (Å²) in [6.45, 7) is 17.3. The third-order valence-corrected chi connectivity index (χ3v) is 20.3. The maximum absolute atomic E-state index is 13.9. The average Bonchev–Trinajstić information content (AvgIpc) is 0.880. The fourth-order valence-electron chi connectivity index (χ4n) is 13.6. The molecule has 0 aliphatic heterocycles. The number of carbonyl (C=O) groups excluding carboxylic acids is 4. The molecule has 0 aliphatic rings. The van der Waals surface area contributed by atoms with E-state index in [1.807, 2.05) is 0 Å². The lowest BCUT2D eigenvalue weighted by Gasteiger charge is -2.39. The number of rotatable bonds is 80. The number of nitrogens with zero attached hydrogens (tertiary/aromatic N) is 3. The van der Waals surface area contributed by atoms with E-state index in [9.17, 15) is 19.2 Å². The van der Waals surface area contributed by atoms with Gasteiger partial charge in [-0.1, -0.05) is 279 Å². The molecular formula is C92H169N6O4+. The zero-order valence-electron chi connectivity index (χ0n) is 68.0. The molecule has 0 spiro atoms. The Balaban J connectivity index is 5.38. The monoisotopic (exact) mass is 1420 g/mol. The Kier molecular flexibility index (Phi) is 77.7. The van der Waals surface area contributed by atoms with Crippen LogP contribution < -0.4 is 16.8 Å². The number of ketones is 1. The van der Waals surface area contributed by atoms with Crippen LogP contribution in [0.15, 0.2) is 97.2 Å². The summed E-state index contributed by atoms with van der Waals surface area (Å²) >= 11 is 0. The van der Waals surface area contributed by atoms with Crippen LogP contribution in [0.4, 0.5) is 0 Å². The van der Waals surface area contributed by atoms with Gasteiger partial charge in [-0.25, -0.2) is 0 Å². The van der Waals surface area contributed by atoms with Gasteiger partial charge in [0.15, 0.2) is 0 Å². The molecule has 0 aromatic carbocycles. The van der Waals surface area contributed by atoms with Crippen LogP contribution in [0.5, 0.6) is 0 Å². The second kappa shape index (κ2) is 81.0. The number of amides is 3. The first-order chi connectivity index (χ1) is 50.2. The zero-order chi connectivity index (χ0) is 74.1. The minimum Gasteiger partial charge on any atom is -0.350 e. The maximum atomic E-state index is 13.9. The number of hydrogen-bond acceptors (Lipinski definition) is 6. The van der Waals surface area contributed by atoms with Crippen LogP contribution >= 0.6 is 0 Å². The standard InChI is InChI=1S/C92H168N6O4/c1-5-9-13-17-21-25-29-33-37-41-45-49-53-57-61-66-81-96(82-67-62-58-54-50-46-42-38-34-30-26-22-18-14-10-6-2)91(101)76-74-89(99)73-65-70-85-98(86-71-78-93,87-72-79-94)88-80-95-90(100)75-77-92(102)97(83-68-63-59-55-51-47-43-39-35-31-27-23-19-15-11-7-3)84-69-64-60-56-52-48-44-40-36-32-28-24-20-16-12-8-4/h21-28,33-40H,5-20,29-32,41-88,93-94H2,1-4H3/p+1/b25-21-,26-22-,27-23-,28-24-,37-33-,38-34-,39-35-,40-36-. The van der Waals surface area contributed by atoms with E-state index < -0.39 is 0 Å². The topological polar surface area (TPSA) is 139 Å². The molecule has 590 valence electrons. The predicted octanol–water partition coefficient (Wildman–Crippen LogP) is 24.8. The number of nitrogens with two attached hydrogens (primary N) is 2. The van der Waals surface area contributed by atoms with Crippen molar-refractivity contribution in [3.63, 3.8) is 0 Å². The van der Waals surface area contributed by atoms with Gasteiger partial charge >= 0.3 is 0 Å². The zero-order valence-corrected chi connectivity index (χ0v) is 68.0. The number of quaternary nitrogens is 1. The number of hydrogen-bond donors (Lipinski definition) is 3. The lowest BCUT2D eigenvalue weighted by atomic mass is 10.1. The largest absolute Gasteiger partial charge is 0.350 e. The first-order valence-electron chi connectivity index (χ1n) is 44.0. The molecule has 0 heterocycles. The highest BCUT2D eigenvalue weighted by Gasteiger charge is 2.27. The average molecular weight is 1420 g/mol. The van der Waals surface area contributed by atoms with E-state index in [0.717, 1.165) is 185 Å². The van der Waals surface area contributed by atoms with Crippen LogP contribution in [-0.2, 0) is 19.2 Å². The van der Waals surface area contributed by atoms with Crippen molar-refractivity contribution >= 4 is 23.5 Å². The molecule has 0 saturated carbocycles. The van der Waals surface area contributed by atoms with Crippen molar-refractivity contribution in [2.45, 2.75) is 394 Å². The molecule has 0 fully saturated rings. The van der Waals surface area contributed by atoms with Gasteiger partial charge in [0.05, 0.1) is 32.7 Å². The Labute approximate surface area is 633 Å². The van der Waals surface area contributed by atoms with E-state index in [1.165, 1.54) is 205 Å². The normalized spacial score (nSPS) is 12.4. The summed E-state index contributed by atoms with van der Waals surface area (Å²) in [5, 5.41) is 3.21. The molecule has 0 aromatic rings. The second-order valence-corrected chi connectivity index (χ2v) is 30.0. The summed E-state index contributed by atoms with van der Waals surface area (Å²) < 4.78 is 0.800. The molecule has 102 heavy (non-hydrogen) atoms. The number of Topliss-reactive ketones (excluding diaryl/α,β-unsaturated/α-hetero) is 1. The molecule has 5 N–H and O–H groups in total. The molecular weight excluding hydrogens is 1250 g/mol. The van der Waals surface area contributed by atoms with Crippen molar-refractivity contribution in [1.82, 2.24) is 15.1 Å². The lowest BCUT2D eigenvalue weighted by Crippen LogP contribution is -2.54. The van der Waals surface area contributed by atoms with E-state index in [2.05, 4.69) is 140 Å². The van der Waals surface area contributed by atoms with Crippen LogP contribution in [-0.4, -0.2) is 110 Å². The smallest absolute Gasteiger partial charge is 0.223 e. The molecule has 3 amide bonds. The summed E-state index contributed by atoms with van der Waals surface area (Å²) in [6.07, 6.45) is 99.7. The van der Waals surface area contributed by atoms with Gasteiger partial charge in [0.1, 0.15) is 5.78 Å². The highest BCUT2D eigenvalue weighted by Crippen LogP contribution is 2.19. The SMILES string of the molecule is CCCCC/C=C\C/C=C\CCCCCCCCN(CCCCCCCC/C=C\C/C=C\CCCCC)C(=O)CCC(=O)CCCC[N+](CCCN)(CCCN)CCNC(=O)CCC(=O)N(CCCCCCCC/C=C\C/C=C\CCCCC)CCCCCCCC/C=C\C/C=C\CCCCC. The maximum Gasteiger partial charge on any atom is 0.223 e. The first-order valence-corrected chi connectivity index (χ1v) is 44.0. The van der Waals surface area contributed by atoms with E-state index in [-0.39, 0.29) is 36.3 Å². The Bertz CT molecular complexity index is 1990. The molecule has 0 unspecified atom stereocenters. The Morgan fingerprint density at radius 2 is 0.539 bits per heavy atom. The van der Waals surface area contributed by atoms with E-state index in [0.29, 0.717) is 38.9 Å². The Morgan fingerprint density at radius 1 is 0.275 bits per heavy atom. The summed E-state index contributed by atoms with van der Waals surface area (Å²) in [7, 11) is 0. The predicted molar refractivity (Wildman–Crippen MR) is 448 cm³/mol. The summed E-state index contributed by atoms with van der Waals surface area (Å²) in [6, 6.07) is 0. The number of nitrogens with one attached hydrogen (secondary N) is 1. The summed E-state index contributed by atoms with van der Waals surface area (Å²) in [4.78, 5) is 59.0. The van der Waals surface area contributed by atoms with Crippen molar-refractivity contribution in [3.8, 4) is 0 Å². The van der Waals surface area contributed by atoms with Gasteiger partial charge in [0.25, 0.3) is 0 Å². The van der Waals surface area contributed by atoms with Gasteiger partial charge in [-0.05, 0) is 180 Å². The van der Waals surface area contributed by atoms with Crippen LogP contribution in [0, 0.1) is 0 Å². The molecule has 0 rings (SSSR count). The van der Waals surface area contributed by atoms with Crippen molar-refractivity contribution < 1.29 is 23.7 Å². The van der Waals surface area contributed by atoms with E-state index in [4.69, 9.17) is 11.5 Å². The van der Waals surface area contributed by atoms with Crippen LogP contribution in [0.25, 0.3) is 0 Å². The van der Waals surface area contributed by atoms with Gasteiger partial charge in [0, 0.05) is 71.1 Å². The lowest BCUT2D eigenvalue weighted by molar-refractivity contribution is -0.927. The number of unbranched alkanes of at least 4 members (excludes halogenated alkanes) is 37. The van der Waals surface area contributed by atoms with Crippen molar-refractivity contribution in [1.29, 1.82) is 0 Å². The molecule has 0 radical (unpaired) electrons. The van der Waals surface area contributed by atoms with Gasteiger partial charge in [0.2, 0.25) is 17.7 Å². The van der Waals surface area contributed by atoms with E-state index >= 15 is 0 Å². The molecule has 0 aromatic heterocycles. The van der Waals surface area contributed by atoms with Crippen molar-refractivity contribution in [2.24, 2.45) is 11.5 Å². The third-order valence-electron chi connectivity index (χ3n) is 20.3. The fourth-order valence-corrected chi connectivity index (χ4v) is 13.6. The number of allylic oxidation sites excluding steroid dienone is 16. The molecule has 10 nitrogen and oxygen atoms in total. The van der Waals surface area contributed by atoms with E-state index in [1.54, 1.807) is 0 Å². The minimum atomic E-state index is -0.0664. The van der Waals surface area contributed by atoms with Crippen LogP contribution in [0.1, 0.15) is 394 Å². The van der Waals surface area contributed by atoms with Gasteiger partial charge < -0.3 is 31.1 Å². The summed E-state index contributed by atoms with van der Waals surface area (Å²) in [5.41, 5.74) is 12.3. The minimum absolute atomic E-state index is 0.0664. The fraction of sp³-hybridized carbons (Fsp3) is 0.783. The molecule has 0 saturated heterocycles. The molecule has 10 heteroatoms. The van der Waals surface area contributed by atoms with Gasteiger partial charge in [-0.2, -0.15) is 0 Å². The summed E-state index contributed by atoms with van der Waals surface area (Å²) in [5.74, 6) is 0.356. The van der Waals surface area contributed by atoms with Gasteiger partial charge in [-0.3, -0.25) is 19.2 Å². The van der Waals surface area contributed by atoms with Crippen molar-refractivity contribution in [2.75, 3.05) is 72.0 Å². The van der Waals surface area contributed by atoms with Crippen LogP contribution in [0.2, 0.25) is 0 Å². The number of carbonyl (C=O) groups is 4. The quantitative estimate of drug-likeness (QED) is 0.0315. The van der Waals surface area contributed by atoms with Crippen molar-refractivity contribution in [3.05, 3.63) is 97.2 Å². The Morgan fingerprint density at radius 3 is 0.833 bits per heavy atom. The Hall–Kier alpha value is -4.12. The molecule has 0 bridgehead atoms. The first kappa shape index (κ1) is 97.9. The second-order valence-electron chi connectivity index (χ2n) is 30.0. The third kappa shape index (κ3) is 70.2. The van der Waals surface area contributed by atoms with Crippen LogP contribution in [0.3, 0.4) is 0 Å². The molecule has 0 aliphatic carbocycles. The highest BCUT2D eigenvalue weighted by atomic mass is 16.2. The van der Waals surface area contributed by atoms with Gasteiger partial charge in [-0.15, -0.1) is 0 Å².